The van der Waals surface area contributed by atoms with Gasteiger partial charge in [0.2, 0.25) is 0 Å². The molecule has 1 aromatic heterocycles. The van der Waals surface area contributed by atoms with Crippen molar-refractivity contribution in [2.45, 2.75) is 10.6 Å². The first-order valence-electron chi connectivity index (χ1n) is 9.06. The highest BCUT2D eigenvalue weighted by molar-refractivity contribution is 7.98. The van der Waals surface area contributed by atoms with Crippen molar-refractivity contribution in [1.82, 2.24) is 0 Å². The van der Waals surface area contributed by atoms with E-state index in [0.29, 0.717) is 17.3 Å². The molecule has 0 saturated heterocycles. The van der Waals surface area contributed by atoms with E-state index in [2.05, 4.69) is 0 Å². The van der Waals surface area contributed by atoms with Gasteiger partial charge in [-0.1, -0.05) is 60.7 Å². The van der Waals surface area contributed by atoms with Crippen molar-refractivity contribution in [1.29, 1.82) is 0 Å². The van der Waals surface area contributed by atoms with Gasteiger partial charge in [0.15, 0.2) is 0 Å². The smallest absolute Gasteiger partial charge is 0.353 e. The topological polar surface area (TPSA) is 59.7 Å². The first kappa shape index (κ1) is 18.9. The molecule has 0 bridgehead atoms. The molecule has 1 heterocycles. The van der Waals surface area contributed by atoms with Crippen LogP contribution in [0.4, 0.5) is 0 Å². The predicted molar refractivity (Wildman–Crippen MR) is 115 cm³/mol. The van der Waals surface area contributed by atoms with Gasteiger partial charge < -0.3 is 14.3 Å². The Bertz CT molecular complexity index is 1150. The Labute approximate surface area is 172 Å². The largest absolute Gasteiger partial charge is 0.506 e. The third-order valence-electron chi connectivity index (χ3n) is 4.21. The molecule has 4 rings (SSSR count). The molecule has 5 heteroatoms. The van der Waals surface area contributed by atoms with E-state index >= 15 is 0 Å². The van der Waals surface area contributed by atoms with Crippen LogP contribution in [0, 0.1) is 0 Å². The molecule has 0 aliphatic carbocycles. The highest BCUT2D eigenvalue weighted by atomic mass is 32.2. The molecule has 0 aliphatic rings. The maximum Gasteiger partial charge on any atom is 0.353 e. The lowest BCUT2D eigenvalue weighted by Crippen LogP contribution is -2.03. The lowest BCUT2D eigenvalue weighted by molar-refractivity contribution is 0.430. The molecular weight excluding hydrogens is 384 g/mol. The second-order valence-electron chi connectivity index (χ2n) is 6.33. The molecule has 3 aromatic carbocycles. The third kappa shape index (κ3) is 4.70. The Morgan fingerprint density at radius 3 is 2.24 bits per heavy atom. The van der Waals surface area contributed by atoms with Crippen LogP contribution in [0.1, 0.15) is 5.56 Å². The first-order valence-corrected chi connectivity index (χ1v) is 10.0. The Morgan fingerprint density at radius 2 is 1.52 bits per heavy atom. The van der Waals surface area contributed by atoms with Crippen molar-refractivity contribution in [2.75, 3.05) is 0 Å². The van der Waals surface area contributed by atoms with Gasteiger partial charge in [-0.2, -0.15) is 0 Å². The zero-order valence-electron chi connectivity index (χ0n) is 15.4. The highest BCUT2D eigenvalue weighted by Crippen LogP contribution is 2.32. The van der Waals surface area contributed by atoms with Gasteiger partial charge in [-0.05, 0) is 29.8 Å². The van der Waals surface area contributed by atoms with Gasteiger partial charge in [0.1, 0.15) is 27.9 Å². The molecule has 0 amide bonds. The van der Waals surface area contributed by atoms with Crippen molar-refractivity contribution in [3.63, 3.8) is 0 Å². The zero-order valence-corrected chi connectivity index (χ0v) is 16.3. The fraction of sp³-hybridized carbons (Fsp3) is 0.0417. The molecule has 4 nitrogen and oxygen atoms in total. The molecule has 4 aromatic rings. The number of rotatable bonds is 6. The maximum atomic E-state index is 12.4. The molecule has 29 heavy (non-hydrogen) atoms. The summed E-state index contributed by atoms with van der Waals surface area (Å²) in [5, 5.41) is 10.4. The zero-order chi connectivity index (χ0) is 20.1. The second kappa shape index (κ2) is 8.71. The molecule has 0 spiro atoms. The molecule has 0 saturated carbocycles. The minimum absolute atomic E-state index is 0.0817. The lowest BCUT2D eigenvalue weighted by Gasteiger charge is -2.08. The van der Waals surface area contributed by atoms with E-state index in [1.54, 1.807) is 0 Å². The number of hydrogen-bond donors (Lipinski definition) is 1. The quantitative estimate of drug-likeness (QED) is 0.395. The first-order chi connectivity index (χ1) is 14.2. The maximum absolute atomic E-state index is 12.4. The molecule has 0 atom stereocenters. The summed E-state index contributed by atoms with van der Waals surface area (Å²) < 4.78 is 11.2. The van der Waals surface area contributed by atoms with Crippen LogP contribution in [0.3, 0.4) is 0 Å². The second-order valence-corrected chi connectivity index (χ2v) is 7.32. The summed E-state index contributed by atoms with van der Waals surface area (Å²) in [7, 11) is 0. The monoisotopic (exact) mass is 402 g/mol. The van der Waals surface area contributed by atoms with Crippen molar-refractivity contribution >= 4 is 11.8 Å². The minimum Gasteiger partial charge on any atom is -0.506 e. The van der Waals surface area contributed by atoms with Gasteiger partial charge in [-0.15, -0.1) is 11.8 Å². The van der Waals surface area contributed by atoms with Crippen LogP contribution in [0.2, 0.25) is 0 Å². The van der Waals surface area contributed by atoms with E-state index in [4.69, 9.17) is 9.15 Å². The third-order valence-corrected chi connectivity index (χ3v) is 5.35. The van der Waals surface area contributed by atoms with Crippen LogP contribution < -0.4 is 10.4 Å². The number of thioether (sulfide) groups is 1. The van der Waals surface area contributed by atoms with E-state index in [9.17, 15) is 9.90 Å². The Kier molecular flexibility index (Phi) is 5.68. The van der Waals surface area contributed by atoms with E-state index in [0.717, 1.165) is 16.9 Å². The van der Waals surface area contributed by atoms with Crippen molar-refractivity contribution in [3.8, 4) is 28.6 Å². The van der Waals surface area contributed by atoms with Crippen LogP contribution in [0.5, 0.6) is 17.2 Å². The van der Waals surface area contributed by atoms with E-state index < -0.39 is 5.63 Å². The SMILES string of the molecule is O=c1oc(-c2ccccc2)cc(O)c1SCc1cccc(Oc2ccccc2)c1. The average Bonchev–Trinajstić information content (AvgIpc) is 2.75. The van der Waals surface area contributed by atoms with E-state index in [1.807, 2.05) is 84.9 Å². The van der Waals surface area contributed by atoms with Crippen LogP contribution in [0.25, 0.3) is 11.3 Å². The fourth-order valence-corrected chi connectivity index (χ4v) is 3.68. The van der Waals surface area contributed by atoms with Crippen LogP contribution in [-0.2, 0) is 5.75 Å². The van der Waals surface area contributed by atoms with Gasteiger partial charge in [-0.3, -0.25) is 0 Å². The molecule has 0 unspecified atom stereocenters. The fourth-order valence-electron chi connectivity index (χ4n) is 2.83. The summed E-state index contributed by atoms with van der Waals surface area (Å²) in [6, 6.07) is 27.9. The van der Waals surface area contributed by atoms with Gasteiger partial charge in [-0.25, -0.2) is 4.79 Å². The summed E-state index contributed by atoms with van der Waals surface area (Å²) in [4.78, 5) is 12.6. The number of para-hydroxylation sites is 1. The molecule has 0 fully saturated rings. The summed E-state index contributed by atoms with van der Waals surface area (Å²) >= 11 is 1.23. The van der Waals surface area contributed by atoms with Crippen molar-refractivity contribution < 1.29 is 14.3 Å². The molecule has 144 valence electrons. The molecule has 1 N–H and O–H groups in total. The van der Waals surface area contributed by atoms with Crippen LogP contribution in [-0.4, -0.2) is 5.11 Å². The average molecular weight is 402 g/mol. The number of hydrogen-bond acceptors (Lipinski definition) is 5. The highest BCUT2D eigenvalue weighted by Gasteiger charge is 2.13. The van der Waals surface area contributed by atoms with Crippen molar-refractivity contribution in [3.05, 3.63) is 107 Å². The molecule has 0 radical (unpaired) electrons. The van der Waals surface area contributed by atoms with Gasteiger partial charge >= 0.3 is 5.63 Å². The predicted octanol–water partition coefficient (Wildman–Crippen LogP) is 6.10. The van der Waals surface area contributed by atoms with E-state index in [-0.39, 0.29) is 10.6 Å². The lowest BCUT2D eigenvalue weighted by atomic mass is 10.1. The molecular formula is C24H18O4S. The normalized spacial score (nSPS) is 10.6. The number of ether oxygens (including phenoxy) is 1. The number of aromatic hydroxyl groups is 1. The molecule has 0 aliphatic heterocycles. The van der Waals surface area contributed by atoms with Crippen molar-refractivity contribution in [2.24, 2.45) is 0 Å². The van der Waals surface area contributed by atoms with E-state index in [1.165, 1.54) is 17.8 Å². The van der Waals surface area contributed by atoms with Crippen LogP contribution >= 0.6 is 11.8 Å². The summed E-state index contributed by atoms with van der Waals surface area (Å²) in [6.45, 7) is 0. The van der Waals surface area contributed by atoms with Gasteiger partial charge in [0.25, 0.3) is 0 Å². The Balaban J connectivity index is 1.49. The summed E-state index contributed by atoms with van der Waals surface area (Å²) in [5.41, 5.74) is 1.15. The Morgan fingerprint density at radius 1 is 0.828 bits per heavy atom. The minimum atomic E-state index is -0.550. The Hall–Kier alpha value is -3.44. The van der Waals surface area contributed by atoms with Gasteiger partial charge in [0, 0.05) is 17.4 Å². The number of benzene rings is 3. The summed E-state index contributed by atoms with van der Waals surface area (Å²) in [5.74, 6) is 2.23. The van der Waals surface area contributed by atoms with Crippen LogP contribution in [0.15, 0.2) is 105 Å². The summed E-state index contributed by atoms with van der Waals surface area (Å²) in [6.07, 6.45) is 0. The van der Waals surface area contributed by atoms with Gasteiger partial charge in [0.05, 0.1) is 0 Å². The standard InChI is InChI=1S/C24H18O4S/c25-21-15-22(18-9-3-1-4-10-18)28-24(26)23(21)29-16-17-8-7-13-20(14-17)27-19-11-5-2-6-12-19/h1-15,25H,16H2.